The van der Waals surface area contributed by atoms with E-state index in [9.17, 15) is 14.7 Å². The third-order valence-electron chi connectivity index (χ3n) is 5.67. The summed E-state index contributed by atoms with van der Waals surface area (Å²) in [5.74, 6) is 0.234. The van der Waals surface area contributed by atoms with Gasteiger partial charge in [0.25, 0.3) is 0 Å². The molecule has 0 bridgehead atoms. The van der Waals surface area contributed by atoms with Crippen molar-refractivity contribution in [2.75, 3.05) is 17.9 Å². The van der Waals surface area contributed by atoms with Crippen LogP contribution in [0, 0.1) is 0 Å². The summed E-state index contributed by atoms with van der Waals surface area (Å²) in [6.07, 6.45) is 3.16. The van der Waals surface area contributed by atoms with E-state index in [1.807, 2.05) is 36.4 Å². The van der Waals surface area contributed by atoms with Gasteiger partial charge < -0.3 is 19.9 Å². The molecule has 2 aromatic carbocycles. The molecule has 1 atom stereocenters. The first-order chi connectivity index (χ1) is 16.0. The Bertz CT molecular complexity index is 1230. The van der Waals surface area contributed by atoms with Crippen molar-refractivity contribution in [3.8, 4) is 11.5 Å². The molecule has 1 fully saturated rings. The number of carboxylic acid groups (broad SMARTS) is 1. The number of hydrogen-bond acceptors (Lipinski definition) is 7. The van der Waals surface area contributed by atoms with Gasteiger partial charge in [0, 0.05) is 16.1 Å². The number of carboxylic acids is 1. The standard InChI is InChI=1S/C23H19ClN2O5S2/c24-15-4-2-1-3-14(15)20(32-11-19(27)28)18-10-25-22(33-18)26-21(29)23(7-8-23)13-5-6-16-17(9-13)31-12-30-16/h1-6,9-10,20H,7-8,11-12H2,(H,27,28)(H,25,26,29). The van der Waals surface area contributed by atoms with Crippen LogP contribution in [-0.4, -0.2) is 34.5 Å². The Morgan fingerprint density at radius 3 is 2.76 bits per heavy atom. The van der Waals surface area contributed by atoms with Gasteiger partial charge in [0.1, 0.15) is 0 Å². The van der Waals surface area contributed by atoms with Gasteiger partial charge in [-0.3, -0.25) is 9.59 Å². The molecule has 3 aromatic rings. The number of thioether (sulfide) groups is 1. The fourth-order valence-electron chi connectivity index (χ4n) is 3.82. The van der Waals surface area contributed by atoms with E-state index in [0.717, 1.165) is 28.8 Å². The maximum atomic E-state index is 13.2. The lowest BCUT2D eigenvalue weighted by Gasteiger charge is -2.16. The summed E-state index contributed by atoms with van der Waals surface area (Å²) in [6.45, 7) is 0.187. The largest absolute Gasteiger partial charge is 0.481 e. The second-order valence-corrected chi connectivity index (χ2v) is 10.3. The first-order valence-corrected chi connectivity index (χ1v) is 12.5. The number of nitrogens with zero attached hydrogens (tertiary/aromatic N) is 1. The molecule has 33 heavy (non-hydrogen) atoms. The van der Waals surface area contributed by atoms with Crippen molar-refractivity contribution in [3.05, 3.63) is 69.7 Å². The van der Waals surface area contributed by atoms with Crippen LogP contribution >= 0.6 is 34.7 Å². The number of aromatic nitrogens is 1. The Morgan fingerprint density at radius 1 is 1.21 bits per heavy atom. The first kappa shape index (κ1) is 22.1. The van der Waals surface area contributed by atoms with E-state index < -0.39 is 11.4 Å². The Hall–Kier alpha value is -2.75. The third kappa shape index (κ3) is 4.40. The van der Waals surface area contributed by atoms with Gasteiger partial charge in [0.05, 0.1) is 16.4 Å². The molecular weight excluding hydrogens is 484 g/mol. The fraction of sp³-hybridized carbons (Fsp3) is 0.261. The van der Waals surface area contributed by atoms with Crippen LogP contribution in [0.2, 0.25) is 5.02 Å². The number of rotatable bonds is 8. The molecular formula is C23H19ClN2O5S2. The zero-order chi connectivity index (χ0) is 23.0. The summed E-state index contributed by atoms with van der Waals surface area (Å²) in [5.41, 5.74) is 1.10. The Labute approximate surface area is 203 Å². The molecule has 2 heterocycles. The Kier molecular flexibility index (Phi) is 5.94. The first-order valence-electron chi connectivity index (χ1n) is 10.2. The van der Waals surface area contributed by atoms with E-state index in [4.69, 9.17) is 21.1 Å². The topological polar surface area (TPSA) is 97.8 Å². The van der Waals surface area contributed by atoms with Crippen molar-refractivity contribution in [1.82, 2.24) is 4.98 Å². The highest BCUT2D eigenvalue weighted by Crippen LogP contribution is 2.51. The molecule has 2 N–H and O–H groups in total. The number of hydrogen-bond donors (Lipinski definition) is 2. The minimum absolute atomic E-state index is 0.0806. The number of benzene rings is 2. The summed E-state index contributed by atoms with van der Waals surface area (Å²) in [5, 5.41) is 12.8. The predicted molar refractivity (Wildman–Crippen MR) is 128 cm³/mol. The smallest absolute Gasteiger partial charge is 0.313 e. The lowest BCUT2D eigenvalue weighted by Crippen LogP contribution is -2.27. The van der Waals surface area contributed by atoms with Crippen LogP contribution in [0.4, 0.5) is 5.13 Å². The summed E-state index contributed by atoms with van der Waals surface area (Å²) >= 11 is 8.97. The van der Waals surface area contributed by atoms with Gasteiger partial charge in [-0.2, -0.15) is 0 Å². The Morgan fingerprint density at radius 2 is 2.00 bits per heavy atom. The third-order valence-corrected chi connectivity index (χ3v) is 8.40. The number of nitrogens with one attached hydrogen (secondary N) is 1. The molecule has 0 saturated heterocycles. The van der Waals surface area contributed by atoms with Gasteiger partial charge in [-0.05, 0) is 42.2 Å². The van der Waals surface area contributed by atoms with Crippen molar-refractivity contribution in [1.29, 1.82) is 0 Å². The molecule has 5 rings (SSSR count). The zero-order valence-corrected chi connectivity index (χ0v) is 19.6. The minimum Gasteiger partial charge on any atom is -0.481 e. The SMILES string of the molecule is O=C(O)CSC(c1cnc(NC(=O)C2(c3ccc4c(c3)OCO4)CC2)s1)c1ccccc1Cl. The van der Waals surface area contributed by atoms with Gasteiger partial charge in [0.2, 0.25) is 12.7 Å². The number of fused-ring (bicyclic) bond motifs is 1. The monoisotopic (exact) mass is 502 g/mol. The maximum absolute atomic E-state index is 13.2. The summed E-state index contributed by atoms with van der Waals surface area (Å²) in [4.78, 5) is 29.6. The van der Waals surface area contributed by atoms with E-state index in [2.05, 4.69) is 10.3 Å². The van der Waals surface area contributed by atoms with E-state index in [0.29, 0.717) is 21.7 Å². The van der Waals surface area contributed by atoms with Gasteiger partial charge in [-0.1, -0.05) is 35.9 Å². The molecule has 1 amide bonds. The molecule has 1 saturated carbocycles. The van der Waals surface area contributed by atoms with Crippen LogP contribution in [0.5, 0.6) is 11.5 Å². The second-order valence-electron chi connectivity index (χ2n) is 7.78. The lowest BCUT2D eigenvalue weighted by atomic mass is 9.94. The van der Waals surface area contributed by atoms with E-state index in [-0.39, 0.29) is 23.7 Å². The van der Waals surface area contributed by atoms with Crippen molar-refractivity contribution < 1.29 is 24.2 Å². The molecule has 7 nitrogen and oxygen atoms in total. The summed E-state index contributed by atoms with van der Waals surface area (Å²) in [7, 11) is 0. The van der Waals surface area contributed by atoms with Crippen LogP contribution in [0.3, 0.4) is 0 Å². The molecule has 1 unspecified atom stereocenters. The highest BCUT2D eigenvalue weighted by Gasteiger charge is 2.52. The number of carbonyl (C=O) groups is 2. The van der Waals surface area contributed by atoms with Crippen molar-refractivity contribution in [2.45, 2.75) is 23.5 Å². The number of carbonyl (C=O) groups excluding carboxylic acids is 1. The average Bonchev–Trinajstić information content (AvgIpc) is 3.26. The fourth-order valence-corrected chi connectivity index (χ4v) is 6.21. The minimum atomic E-state index is -0.908. The number of amides is 1. The molecule has 1 aliphatic carbocycles. The highest BCUT2D eigenvalue weighted by atomic mass is 35.5. The van der Waals surface area contributed by atoms with Gasteiger partial charge in [-0.15, -0.1) is 23.1 Å². The number of anilines is 1. The zero-order valence-electron chi connectivity index (χ0n) is 17.2. The normalized spacial score (nSPS) is 16.3. The second kappa shape index (κ2) is 8.89. The molecule has 10 heteroatoms. The number of thiazole rings is 1. The Balaban J connectivity index is 1.36. The average molecular weight is 503 g/mol. The van der Waals surface area contributed by atoms with Gasteiger partial charge in [0.15, 0.2) is 16.6 Å². The quantitative estimate of drug-likeness (QED) is 0.442. The van der Waals surface area contributed by atoms with E-state index in [1.165, 1.54) is 23.1 Å². The van der Waals surface area contributed by atoms with Crippen LogP contribution in [-0.2, 0) is 15.0 Å². The molecule has 0 radical (unpaired) electrons. The van der Waals surface area contributed by atoms with Crippen molar-refractivity contribution >= 4 is 51.7 Å². The summed E-state index contributed by atoms with van der Waals surface area (Å²) < 4.78 is 10.8. The van der Waals surface area contributed by atoms with Crippen molar-refractivity contribution in [2.24, 2.45) is 0 Å². The predicted octanol–water partition coefficient (Wildman–Crippen LogP) is 5.10. The van der Waals surface area contributed by atoms with E-state index in [1.54, 1.807) is 12.3 Å². The molecule has 2 aliphatic rings. The van der Waals surface area contributed by atoms with Crippen LogP contribution in [0.25, 0.3) is 0 Å². The number of halogens is 1. The number of aliphatic carboxylic acids is 1. The highest BCUT2D eigenvalue weighted by molar-refractivity contribution is 8.00. The van der Waals surface area contributed by atoms with Gasteiger partial charge >= 0.3 is 5.97 Å². The molecule has 1 aromatic heterocycles. The van der Waals surface area contributed by atoms with Crippen LogP contribution in [0.15, 0.2) is 48.7 Å². The van der Waals surface area contributed by atoms with Crippen LogP contribution < -0.4 is 14.8 Å². The van der Waals surface area contributed by atoms with Crippen LogP contribution in [0.1, 0.15) is 34.1 Å². The summed E-state index contributed by atoms with van der Waals surface area (Å²) in [6, 6.07) is 13.0. The lowest BCUT2D eigenvalue weighted by molar-refractivity contribution is -0.133. The molecule has 0 spiro atoms. The maximum Gasteiger partial charge on any atom is 0.313 e. The number of ether oxygens (including phenoxy) is 2. The molecule has 170 valence electrons. The van der Waals surface area contributed by atoms with Crippen molar-refractivity contribution in [3.63, 3.8) is 0 Å². The van der Waals surface area contributed by atoms with Gasteiger partial charge in [-0.25, -0.2) is 4.98 Å². The molecule has 1 aliphatic heterocycles. The van der Waals surface area contributed by atoms with E-state index >= 15 is 0 Å².